The second-order valence-electron chi connectivity index (χ2n) is 3.23. The Kier molecular flexibility index (Phi) is 2.35. The molecule has 6 heteroatoms. The molecule has 0 radical (unpaired) electrons. The first-order valence-corrected chi connectivity index (χ1v) is 5.12. The highest BCUT2D eigenvalue weighted by Crippen LogP contribution is 2.39. The van der Waals surface area contributed by atoms with Gasteiger partial charge in [-0.25, -0.2) is 4.98 Å². The van der Waals surface area contributed by atoms with E-state index in [0.717, 1.165) is 11.3 Å². The maximum atomic E-state index is 12.8. The molecule has 1 heterocycles. The molecule has 1 aromatic carbocycles. The van der Waals surface area contributed by atoms with E-state index in [2.05, 4.69) is 4.98 Å². The number of halogens is 3. The first kappa shape index (κ1) is 10.9. The molecule has 0 aliphatic carbocycles. The van der Waals surface area contributed by atoms with Crippen molar-refractivity contribution in [3.05, 3.63) is 28.3 Å². The number of hydrogen-bond donors (Lipinski definition) is 0. The summed E-state index contributed by atoms with van der Waals surface area (Å²) in [6.07, 6.45) is -4.41. The monoisotopic (exact) mass is 242 g/mol. The van der Waals surface area contributed by atoms with Crippen molar-refractivity contribution in [2.75, 3.05) is 0 Å². The van der Waals surface area contributed by atoms with Gasteiger partial charge in [0.25, 0.3) is 0 Å². The number of alkyl halides is 3. The van der Waals surface area contributed by atoms with Crippen molar-refractivity contribution < 1.29 is 13.2 Å². The number of rotatable bonds is 0. The number of hydrogen-bond acceptors (Lipinski definition) is 3. The topological polar surface area (TPSA) is 36.7 Å². The number of thiazole rings is 1. The van der Waals surface area contributed by atoms with Gasteiger partial charge in [-0.15, -0.1) is 11.3 Å². The van der Waals surface area contributed by atoms with E-state index in [4.69, 9.17) is 5.26 Å². The average Bonchev–Trinajstić information content (AvgIpc) is 2.57. The van der Waals surface area contributed by atoms with Gasteiger partial charge in [0.2, 0.25) is 0 Å². The van der Waals surface area contributed by atoms with Crippen LogP contribution in [0.3, 0.4) is 0 Å². The Labute approximate surface area is 93.0 Å². The van der Waals surface area contributed by atoms with Crippen molar-refractivity contribution in [1.29, 1.82) is 5.26 Å². The van der Waals surface area contributed by atoms with Crippen LogP contribution in [0.25, 0.3) is 10.2 Å². The summed E-state index contributed by atoms with van der Waals surface area (Å²) >= 11 is 0.773. The van der Waals surface area contributed by atoms with E-state index in [0.29, 0.717) is 0 Å². The van der Waals surface area contributed by atoms with E-state index >= 15 is 0 Å². The second kappa shape index (κ2) is 3.46. The molecule has 0 N–H and O–H groups in total. The maximum Gasteiger partial charge on any atom is 0.418 e. The molecule has 82 valence electrons. The molecule has 0 aliphatic rings. The summed E-state index contributed by atoms with van der Waals surface area (Å²) in [6.45, 7) is 1.40. The van der Waals surface area contributed by atoms with Gasteiger partial charge in [-0.3, -0.25) is 0 Å². The molecule has 16 heavy (non-hydrogen) atoms. The highest BCUT2D eigenvalue weighted by atomic mass is 32.1. The van der Waals surface area contributed by atoms with E-state index in [1.807, 2.05) is 0 Å². The zero-order chi connectivity index (χ0) is 11.9. The summed E-state index contributed by atoms with van der Waals surface area (Å²) < 4.78 is 38.4. The molecule has 0 atom stereocenters. The van der Waals surface area contributed by atoms with E-state index in [-0.39, 0.29) is 20.8 Å². The summed E-state index contributed by atoms with van der Waals surface area (Å²) in [7, 11) is 0. The Hall–Kier alpha value is -1.61. The van der Waals surface area contributed by atoms with Crippen molar-refractivity contribution in [2.24, 2.45) is 0 Å². The van der Waals surface area contributed by atoms with Gasteiger partial charge in [-0.2, -0.15) is 18.4 Å². The third-order valence-corrected chi connectivity index (χ3v) is 3.14. The van der Waals surface area contributed by atoms with Gasteiger partial charge in [0.1, 0.15) is 6.07 Å². The molecule has 2 rings (SSSR count). The van der Waals surface area contributed by atoms with E-state index in [1.54, 1.807) is 6.07 Å². The van der Waals surface area contributed by atoms with Crippen molar-refractivity contribution in [1.82, 2.24) is 4.98 Å². The summed E-state index contributed by atoms with van der Waals surface area (Å²) in [5.41, 5.74) is -0.323. The quantitative estimate of drug-likeness (QED) is 0.709. The SMILES string of the molecule is Cc1ccc2nc(C#N)sc2c1C(F)(F)F. The molecule has 2 nitrogen and oxygen atoms in total. The van der Waals surface area contributed by atoms with Crippen LogP contribution in [0.4, 0.5) is 13.2 Å². The molecule has 0 amide bonds. The Morgan fingerprint density at radius 1 is 1.38 bits per heavy atom. The van der Waals surface area contributed by atoms with Gasteiger partial charge >= 0.3 is 6.18 Å². The lowest BCUT2D eigenvalue weighted by atomic mass is 10.1. The second-order valence-corrected chi connectivity index (χ2v) is 4.23. The standard InChI is InChI=1S/C10H5F3N2S/c1-5-2-3-6-9(8(5)10(11,12)13)16-7(4-14)15-6/h2-3H,1H3. The van der Waals surface area contributed by atoms with Gasteiger partial charge < -0.3 is 0 Å². The van der Waals surface area contributed by atoms with Gasteiger partial charge in [-0.1, -0.05) is 6.07 Å². The normalized spacial score (nSPS) is 11.7. The number of nitrogens with zero attached hydrogens (tertiary/aromatic N) is 2. The van der Waals surface area contributed by atoms with Gasteiger partial charge in [0.05, 0.1) is 15.8 Å². The molecule has 0 saturated carbocycles. The predicted octanol–water partition coefficient (Wildman–Crippen LogP) is 3.50. The van der Waals surface area contributed by atoms with Crippen molar-refractivity contribution >= 4 is 21.6 Å². The fourth-order valence-electron chi connectivity index (χ4n) is 1.49. The fourth-order valence-corrected chi connectivity index (χ4v) is 2.47. The minimum atomic E-state index is -4.41. The van der Waals surface area contributed by atoms with E-state index < -0.39 is 11.7 Å². The molecule has 0 saturated heterocycles. The molecule has 0 unspecified atom stereocenters. The van der Waals surface area contributed by atoms with Crippen LogP contribution in [-0.2, 0) is 6.18 Å². The Bertz CT molecular complexity index is 592. The minimum absolute atomic E-state index is 0.0315. The lowest BCUT2D eigenvalue weighted by molar-refractivity contribution is -0.136. The van der Waals surface area contributed by atoms with Crippen LogP contribution in [-0.4, -0.2) is 4.98 Å². The number of aryl methyl sites for hydroxylation is 1. The molecule has 0 spiro atoms. The Balaban J connectivity index is 2.85. The lowest BCUT2D eigenvalue weighted by Gasteiger charge is -2.10. The number of fused-ring (bicyclic) bond motifs is 1. The van der Waals surface area contributed by atoms with E-state index in [9.17, 15) is 13.2 Å². The Morgan fingerprint density at radius 3 is 2.62 bits per heavy atom. The fraction of sp³-hybridized carbons (Fsp3) is 0.200. The third kappa shape index (κ3) is 1.63. The van der Waals surface area contributed by atoms with Crippen LogP contribution in [0.1, 0.15) is 16.1 Å². The van der Waals surface area contributed by atoms with Gasteiger partial charge in [0, 0.05) is 0 Å². The van der Waals surface area contributed by atoms with Crippen LogP contribution in [0.5, 0.6) is 0 Å². The maximum absolute atomic E-state index is 12.8. The van der Waals surface area contributed by atoms with Gasteiger partial charge in [-0.05, 0) is 18.6 Å². The molecule has 1 aromatic heterocycles. The predicted molar refractivity (Wildman–Crippen MR) is 54.1 cm³/mol. The summed E-state index contributed by atoms with van der Waals surface area (Å²) in [5, 5.41) is 8.67. The lowest BCUT2D eigenvalue weighted by Crippen LogP contribution is -2.07. The van der Waals surface area contributed by atoms with Crippen LogP contribution in [0.2, 0.25) is 0 Å². The van der Waals surface area contributed by atoms with Crippen LogP contribution in [0, 0.1) is 18.3 Å². The van der Waals surface area contributed by atoms with Crippen molar-refractivity contribution in [2.45, 2.75) is 13.1 Å². The average molecular weight is 242 g/mol. The summed E-state index contributed by atoms with van der Waals surface area (Å²) in [5.74, 6) is 0. The minimum Gasteiger partial charge on any atom is -0.226 e. The highest BCUT2D eigenvalue weighted by Gasteiger charge is 2.35. The molecule has 0 bridgehead atoms. The van der Waals surface area contributed by atoms with Crippen LogP contribution < -0.4 is 0 Å². The van der Waals surface area contributed by atoms with Gasteiger partial charge in [0.15, 0.2) is 5.01 Å². The van der Waals surface area contributed by atoms with Crippen molar-refractivity contribution in [3.8, 4) is 6.07 Å². The van der Waals surface area contributed by atoms with E-state index in [1.165, 1.54) is 19.1 Å². The number of nitriles is 1. The largest absolute Gasteiger partial charge is 0.418 e. The molecule has 0 aliphatic heterocycles. The highest BCUT2D eigenvalue weighted by molar-refractivity contribution is 7.19. The molecular weight excluding hydrogens is 237 g/mol. The Morgan fingerprint density at radius 2 is 2.06 bits per heavy atom. The first-order chi connectivity index (χ1) is 7.43. The first-order valence-electron chi connectivity index (χ1n) is 4.31. The van der Waals surface area contributed by atoms with Crippen LogP contribution >= 0.6 is 11.3 Å². The zero-order valence-corrected chi connectivity index (χ0v) is 8.91. The summed E-state index contributed by atoms with van der Waals surface area (Å²) in [6, 6.07) is 4.62. The molecule has 0 fully saturated rings. The number of aromatic nitrogens is 1. The third-order valence-electron chi connectivity index (χ3n) is 2.15. The van der Waals surface area contributed by atoms with Crippen molar-refractivity contribution in [3.63, 3.8) is 0 Å². The zero-order valence-electron chi connectivity index (χ0n) is 8.09. The molecule has 2 aromatic rings. The summed E-state index contributed by atoms with van der Waals surface area (Å²) in [4.78, 5) is 3.80. The smallest absolute Gasteiger partial charge is 0.226 e. The van der Waals surface area contributed by atoms with Crippen LogP contribution in [0.15, 0.2) is 12.1 Å². The molecular formula is C10H5F3N2S. The number of benzene rings is 1.